The van der Waals surface area contributed by atoms with Gasteiger partial charge in [-0.2, -0.15) is 4.68 Å². The van der Waals surface area contributed by atoms with Crippen LogP contribution in [0.2, 0.25) is 0 Å². The zero-order chi connectivity index (χ0) is 18.0. The van der Waals surface area contributed by atoms with Crippen molar-refractivity contribution in [3.05, 3.63) is 29.8 Å². The van der Waals surface area contributed by atoms with Gasteiger partial charge in [0.2, 0.25) is 11.1 Å². The molecule has 1 aromatic heterocycles. The number of nitrogens with zero attached hydrogens (tertiary/aromatic N) is 5. The average Bonchev–Trinajstić information content (AvgIpc) is 3.01. The van der Waals surface area contributed by atoms with Gasteiger partial charge in [0.25, 0.3) is 0 Å². The highest BCUT2D eigenvalue weighted by molar-refractivity contribution is 8.00. The van der Waals surface area contributed by atoms with Crippen LogP contribution in [0.25, 0.3) is 5.69 Å². The molecule has 1 aliphatic heterocycles. The summed E-state index contributed by atoms with van der Waals surface area (Å²) in [5.41, 5.74) is 2.03. The van der Waals surface area contributed by atoms with Gasteiger partial charge in [0, 0.05) is 13.1 Å². The van der Waals surface area contributed by atoms with Crippen LogP contribution in [0.5, 0.6) is 0 Å². The van der Waals surface area contributed by atoms with E-state index in [4.69, 9.17) is 0 Å². The van der Waals surface area contributed by atoms with Gasteiger partial charge in [-0.3, -0.25) is 4.79 Å². The van der Waals surface area contributed by atoms with E-state index in [1.807, 2.05) is 43.0 Å². The molecule has 1 aromatic carbocycles. The standard InChI is InChI=1S/C18H25N5OS/c1-12-9-13(2)11-22(10-12)17(24)15(4)25-18-19-20-21-23(18)16-8-6-5-7-14(16)3/h5-8,12-13,15H,9-11H2,1-4H3. The van der Waals surface area contributed by atoms with Crippen molar-refractivity contribution in [2.45, 2.75) is 44.5 Å². The summed E-state index contributed by atoms with van der Waals surface area (Å²) in [6, 6.07) is 7.96. The van der Waals surface area contributed by atoms with Crippen LogP contribution in [0.15, 0.2) is 29.4 Å². The number of carbonyl (C=O) groups is 1. The van der Waals surface area contributed by atoms with Gasteiger partial charge < -0.3 is 4.90 Å². The van der Waals surface area contributed by atoms with Crippen LogP contribution in [0.3, 0.4) is 0 Å². The lowest BCUT2D eigenvalue weighted by Crippen LogP contribution is -2.45. The minimum Gasteiger partial charge on any atom is -0.341 e. The lowest BCUT2D eigenvalue weighted by atomic mass is 9.92. The van der Waals surface area contributed by atoms with Gasteiger partial charge in [-0.05, 0) is 54.2 Å². The van der Waals surface area contributed by atoms with Crippen molar-refractivity contribution in [1.82, 2.24) is 25.1 Å². The highest BCUT2D eigenvalue weighted by Gasteiger charge is 2.29. The maximum Gasteiger partial charge on any atom is 0.235 e. The Morgan fingerprint density at radius 3 is 2.60 bits per heavy atom. The molecule has 7 heteroatoms. The summed E-state index contributed by atoms with van der Waals surface area (Å²) in [5, 5.41) is 12.5. The Balaban J connectivity index is 1.74. The molecule has 0 radical (unpaired) electrons. The second-order valence-electron chi connectivity index (χ2n) is 7.11. The second-order valence-corrected chi connectivity index (χ2v) is 8.42. The Morgan fingerprint density at radius 2 is 1.92 bits per heavy atom. The molecule has 3 unspecified atom stereocenters. The quantitative estimate of drug-likeness (QED) is 0.785. The fourth-order valence-corrected chi connectivity index (χ4v) is 4.40. The number of aryl methyl sites for hydroxylation is 1. The van der Waals surface area contributed by atoms with Gasteiger partial charge in [0.05, 0.1) is 10.9 Å². The SMILES string of the molecule is Cc1ccccc1-n1nnnc1SC(C)C(=O)N1CC(C)CC(C)C1. The lowest BCUT2D eigenvalue weighted by Gasteiger charge is -2.36. The van der Waals surface area contributed by atoms with Crippen LogP contribution >= 0.6 is 11.8 Å². The maximum atomic E-state index is 12.9. The first-order valence-electron chi connectivity index (χ1n) is 8.75. The van der Waals surface area contributed by atoms with E-state index in [1.54, 1.807) is 4.68 Å². The molecular formula is C18H25N5OS. The summed E-state index contributed by atoms with van der Waals surface area (Å²) in [7, 11) is 0. The largest absolute Gasteiger partial charge is 0.341 e. The Morgan fingerprint density at radius 1 is 1.24 bits per heavy atom. The van der Waals surface area contributed by atoms with E-state index in [9.17, 15) is 4.79 Å². The normalized spacial score (nSPS) is 22.0. The predicted octanol–water partition coefficient (Wildman–Crippen LogP) is 2.96. The molecule has 0 aliphatic carbocycles. The highest BCUT2D eigenvalue weighted by Crippen LogP contribution is 2.28. The molecule has 1 aliphatic rings. The molecule has 3 rings (SSSR count). The summed E-state index contributed by atoms with van der Waals surface area (Å²) < 4.78 is 1.71. The number of hydrogen-bond acceptors (Lipinski definition) is 5. The zero-order valence-electron chi connectivity index (χ0n) is 15.2. The first-order valence-corrected chi connectivity index (χ1v) is 9.63. The Bertz CT molecular complexity index is 737. The molecular weight excluding hydrogens is 334 g/mol. The van der Waals surface area contributed by atoms with Crippen molar-refractivity contribution in [2.75, 3.05) is 13.1 Å². The molecule has 0 bridgehead atoms. The molecule has 1 amide bonds. The number of piperidine rings is 1. The molecule has 3 atom stereocenters. The van der Waals surface area contributed by atoms with Gasteiger partial charge in [0.15, 0.2) is 0 Å². The molecule has 25 heavy (non-hydrogen) atoms. The van der Waals surface area contributed by atoms with Crippen LogP contribution < -0.4 is 0 Å². The molecule has 0 spiro atoms. The predicted molar refractivity (Wildman–Crippen MR) is 98.7 cm³/mol. The van der Waals surface area contributed by atoms with E-state index in [0.717, 1.165) is 24.3 Å². The molecule has 0 saturated carbocycles. The van der Waals surface area contributed by atoms with Crippen molar-refractivity contribution in [2.24, 2.45) is 11.8 Å². The smallest absolute Gasteiger partial charge is 0.235 e. The second kappa shape index (κ2) is 7.56. The van der Waals surface area contributed by atoms with Crippen molar-refractivity contribution >= 4 is 17.7 Å². The number of benzene rings is 1. The van der Waals surface area contributed by atoms with E-state index in [2.05, 4.69) is 29.4 Å². The minimum atomic E-state index is -0.216. The highest BCUT2D eigenvalue weighted by atomic mass is 32.2. The molecule has 2 heterocycles. The summed E-state index contributed by atoms with van der Waals surface area (Å²) >= 11 is 1.42. The molecule has 134 valence electrons. The summed E-state index contributed by atoms with van der Waals surface area (Å²) in [6.07, 6.45) is 1.19. The molecule has 2 aromatic rings. The third-order valence-electron chi connectivity index (χ3n) is 4.60. The lowest BCUT2D eigenvalue weighted by molar-refractivity contribution is -0.132. The summed E-state index contributed by atoms with van der Waals surface area (Å²) in [4.78, 5) is 14.9. The van der Waals surface area contributed by atoms with Gasteiger partial charge in [0.1, 0.15) is 0 Å². The Labute approximate surface area is 153 Å². The number of likely N-dealkylation sites (tertiary alicyclic amines) is 1. The number of tetrazole rings is 1. The Kier molecular flexibility index (Phi) is 5.42. The first kappa shape index (κ1) is 17.9. The molecule has 6 nitrogen and oxygen atoms in total. The fourth-order valence-electron chi connectivity index (χ4n) is 3.51. The third kappa shape index (κ3) is 4.03. The summed E-state index contributed by atoms with van der Waals surface area (Å²) in [6.45, 7) is 10.1. The Hall–Kier alpha value is -1.89. The van der Waals surface area contributed by atoms with Crippen molar-refractivity contribution in [3.63, 3.8) is 0 Å². The average molecular weight is 359 g/mol. The van der Waals surface area contributed by atoms with Crippen LogP contribution in [-0.4, -0.2) is 49.4 Å². The van der Waals surface area contributed by atoms with Gasteiger partial charge in [-0.15, -0.1) is 5.10 Å². The van der Waals surface area contributed by atoms with E-state index < -0.39 is 0 Å². The van der Waals surface area contributed by atoms with Crippen molar-refractivity contribution in [1.29, 1.82) is 0 Å². The van der Waals surface area contributed by atoms with Crippen LogP contribution in [0, 0.1) is 18.8 Å². The molecule has 0 N–H and O–H groups in total. The van der Waals surface area contributed by atoms with Crippen molar-refractivity contribution in [3.8, 4) is 5.69 Å². The first-order chi connectivity index (χ1) is 12.0. The monoisotopic (exact) mass is 359 g/mol. The van der Waals surface area contributed by atoms with Crippen LogP contribution in [0.4, 0.5) is 0 Å². The van der Waals surface area contributed by atoms with Gasteiger partial charge in [-0.1, -0.05) is 43.8 Å². The number of para-hydroxylation sites is 1. The fraction of sp³-hybridized carbons (Fsp3) is 0.556. The molecule has 1 fully saturated rings. The van der Waals surface area contributed by atoms with E-state index in [1.165, 1.54) is 18.2 Å². The van der Waals surface area contributed by atoms with E-state index >= 15 is 0 Å². The minimum absolute atomic E-state index is 0.169. The number of amides is 1. The molecule has 1 saturated heterocycles. The maximum absolute atomic E-state index is 12.9. The third-order valence-corrected chi connectivity index (χ3v) is 5.62. The van der Waals surface area contributed by atoms with Crippen LogP contribution in [-0.2, 0) is 4.79 Å². The number of carbonyl (C=O) groups excluding carboxylic acids is 1. The number of thioether (sulfide) groups is 1. The number of rotatable bonds is 4. The van der Waals surface area contributed by atoms with Gasteiger partial charge in [-0.25, -0.2) is 0 Å². The summed E-state index contributed by atoms with van der Waals surface area (Å²) in [5.74, 6) is 1.28. The van der Waals surface area contributed by atoms with Crippen LogP contribution in [0.1, 0.15) is 32.8 Å². The van der Waals surface area contributed by atoms with Gasteiger partial charge >= 0.3 is 0 Å². The topological polar surface area (TPSA) is 63.9 Å². The van der Waals surface area contributed by atoms with Crippen molar-refractivity contribution < 1.29 is 4.79 Å². The number of hydrogen-bond donors (Lipinski definition) is 0. The zero-order valence-corrected chi connectivity index (χ0v) is 16.0. The van der Waals surface area contributed by atoms with E-state index in [-0.39, 0.29) is 11.2 Å². The van der Waals surface area contributed by atoms with E-state index in [0.29, 0.717) is 17.0 Å². The number of aromatic nitrogens is 4.